The van der Waals surface area contributed by atoms with Crippen LogP contribution in [0.5, 0.6) is 0 Å². The van der Waals surface area contributed by atoms with Crippen molar-refractivity contribution in [1.82, 2.24) is 23.5 Å². The maximum atomic E-state index is 5.27. The van der Waals surface area contributed by atoms with Gasteiger partial charge in [0.2, 0.25) is 5.78 Å². The molecule has 160 valence electrons. The fourth-order valence-corrected chi connectivity index (χ4v) is 5.22. The molecule has 5 rings (SSSR count). The van der Waals surface area contributed by atoms with Crippen LogP contribution in [-0.2, 0) is 13.6 Å². The normalized spacial score (nSPS) is 12.4. The minimum absolute atomic E-state index is 0.435. The lowest BCUT2D eigenvalue weighted by molar-refractivity contribution is 0.779. The van der Waals surface area contributed by atoms with Gasteiger partial charge in [-0.1, -0.05) is 45.9 Å². The molecule has 5 aromatic rings. The highest BCUT2D eigenvalue weighted by atomic mass is 15.2. The van der Waals surface area contributed by atoms with Crippen LogP contribution in [0.1, 0.15) is 63.1 Å². The fourth-order valence-electron chi connectivity index (χ4n) is 5.22. The Morgan fingerprint density at radius 1 is 1.00 bits per heavy atom. The first-order valence-corrected chi connectivity index (χ1v) is 11.3. The summed E-state index contributed by atoms with van der Waals surface area (Å²) in [5.74, 6) is 2.92. The van der Waals surface area contributed by atoms with Gasteiger partial charge in [0, 0.05) is 37.1 Å². The van der Waals surface area contributed by atoms with Crippen LogP contribution in [0.4, 0.5) is 0 Å². The Hall–Kier alpha value is -3.08. The van der Waals surface area contributed by atoms with Crippen LogP contribution in [0, 0.1) is 6.92 Å². The molecule has 5 nitrogen and oxygen atoms in total. The van der Waals surface area contributed by atoms with E-state index in [1.165, 1.54) is 33.3 Å². The summed E-state index contributed by atoms with van der Waals surface area (Å²) in [4.78, 5) is 9.81. The summed E-state index contributed by atoms with van der Waals surface area (Å²) >= 11 is 0. The Balaban J connectivity index is 1.93. The van der Waals surface area contributed by atoms with Gasteiger partial charge < -0.3 is 9.13 Å². The van der Waals surface area contributed by atoms with Crippen LogP contribution >= 0.6 is 0 Å². The number of aryl methyl sites for hydroxylation is 3. The molecule has 0 aliphatic carbocycles. The van der Waals surface area contributed by atoms with Gasteiger partial charge in [0.25, 0.3) is 0 Å². The Bertz CT molecular complexity index is 1420. The van der Waals surface area contributed by atoms with Gasteiger partial charge in [-0.05, 0) is 42.9 Å². The zero-order chi connectivity index (χ0) is 22.0. The first-order chi connectivity index (χ1) is 14.8. The molecule has 2 aromatic carbocycles. The third kappa shape index (κ3) is 2.68. The second-order valence-corrected chi connectivity index (χ2v) is 9.19. The molecule has 0 bridgehead atoms. The summed E-state index contributed by atoms with van der Waals surface area (Å²) in [5, 5.41) is 0. The second kappa shape index (κ2) is 6.98. The molecule has 0 amide bonds. The Labute approximate surface area is 183 Å². The van der Waals surface area contributed by atoms with E-state index in [0.29, 0.717) is 11.8 Å². The van der Waals surface area contributed by atoms with Gasteiger partial charge in [0.1, 0.15) is 5.82 Å². The quantitative estimate of drug-likeness (QED) is 0.341. The van der Waals surface area contributed by atoms with Crippen molar-refractivity contribution in [3.05, 3.63) is 53.3 Å². The topological polar surface area (TPSA) is 40.0 Å². The molecule has 0 saturated heterocycles. The molecule has 0 atom stereocenters. The molecule has 0 unspecified atom stereocenters. The zero-order valence-corrected chi connectivity index (χ0v) is 19.6. The molecule has 0 radical (unpaired) electrons. The molecular weight excluding hydrogens is 382 g/mol. The number of fused-ring (bicyclic) bond motifs is 4. The maximum Gasteiger partial charge on any atom is 0.214 e. The molecule has 0 N–H and O–H groups in total. The van der Waals surface area contributed by atoms with Crippen LogP contribution in [0.3, 0.4) is 0 Å². The van der Waals surface area contributed by atoms with Crippen molar-refractivity contribution in [2.75, 3.05) is 0 Å². The average Bonchev–Trinajstić information content (AvgIpc) is 3.42. The van der Waals surface area contributed by atoms with Gasteiger partial charge in [-0.3, -0.25) is 4.40 Å². The molecule has 0 saturated carbocycles. The van der Waals surface area contributed by atoms with E-state index in [4.69, 9.17) is 4.98 Å². The lowest BCUT2D eigenvalue weighted by atomic mass is 9.88. The molecule has 3 aromatic heterocycles. The van der Waals surface area contributed by atoms with Gasteiger partial charge in [-0.15, -0.1) is 0 Å². The van der Waals surface area contributed by atoms with Gasteiger partial charge in [-0.2, -0.15) is 0 Å². The zero-order valence-electron chi connectivity index (χ0n) is 19.6. The highest BCUT2D eigenvalue weighted by molar-refractivity contribution is 5.99. The molecular formula is C26H31N5. The van der Waals surface area contributed by atoms with E-state index in [2.05, 4.69) is 91.4 Å². The first kappa shape index (κ1) is 19.9. The van der Waals surface area contributed by atoms with Crippen molar-refractivity contribution >= 4 is 27.8 Å². The van der Waals surface area contributed by atoms with Gasteiger partial charge in [0.05, 0.1) is 22.1 Å². The van der Waals surface area contributed by atoms with Crippen molar-refractivity contribution in [3.8, 4) is 11.4 Å². The van der Waals surface area contributed by atoms with E-state index in [1.54, 1.807) is 0 Å². The Kier molecular flexibility index (Phi) is 4.47. The minimum Gasteiger partial charge on any atom is -0.324 e. The monoisotopic (exact) mass is 413 g/mol. The van der Waals surface area contributed by atoms with E-state index < -0.39 is 0 Å². The lowest BCUT2D eigenvalue weighted by Crippen LogP contribution is -2.06. The summed E-state index contributed by atoms with van der Waals surface area (Å²) in [7, 11) is 2.10. The number of hydrogen-bond donors (Lipinski definition) is 0. The van der Waals surface area contributed by atoms with Crippen molar-refractivity contribution in [2.45, 2.75) is 59.9 Å². The molecule has 0 aliphatic heterocycles. The highest BCUT2D eigenvalue weighted by Gasteiger charge is 2.24. The van der Waals surface area contributed by atoms with Gasteiger partial charge in [-0.25, -0.2) is 9.97 Å². The van der Waals surface area contributed by atoms with Crippen LogP contribution in [0.15, 0.2) is 36.7 Å². The fraction of sp³-hybridized carbons (Fsp3) is 0.385. The summed E-state index contributed by atoms with van der Waals surface area (Å²) in [6, 6.07) is 8.96. The molecule has 0 spiro atoms. The number of aromatic nitrogens is 5. The van der Waals surface area contributed by atoms with Crippen molar-refractivity contribution in [3.63, 3.8) is 0 Å². The smallest absolute Gasteiger partial charge is 0.214 e. The van der Waals surface area contributed by atoms with Gasteiger partial charge in [0.15, 0.2) is 0 Å². The Morgan fingerprint density at radius 3 is 2.29 bits per heavy atom. The SMILES string of the molecule is CCn1c(-c2c(C(C)C)cccc2C(C)C)nc2cc3c(c(C)c21)n(C)c1nccn31. The van der Waals surface area contributed by atoms with E-state index in [1.807, 2.05) is 12.4 Å². The average molecular weight is 414 g/mol. The van der Waals surface area contributed by atoms with Crippen LogP contribution in [-0.4, -0.2) is 23.5 Å². The number of benzene rings is 2. The van der Waals surface area contributed by atoms with E-state index in [-0.39, 0.29) is 0 Å². The minimum atomic E-state index is 0.435. The standard InChI is InChI=1S/C26H31N5/c1-8-30-23-17(6)24-21(31-13-12-27-26(31)29(24)7)14-20(23)28-25(30)22-18(15(2)3)10-9-11-19(22)16(4)5/h9-16H,8H2,1-7H3. The number of hydrogen-bond acceptors (Lipinski definition) is 2. The second-order valence-electron chi connectivity index (χ2n) is 9.19. The summed E-state index contributed by atoms with van der Waals surface area (Å²) in [5.41, 5.74) is 9.96. The molecule has 3 heterocycles. The highest BCUT2D eigenvalue weighted by Crippen LogP contribution is 2.39. The van der Waals surface area contributed by atoms with Crippen molar-refractivity contribution < 1.29 is 0 Å². The molecule has 31 heavy (non-hydrogen) atoms. The van der Waals surface area contributed by atoms with E-state index >= 15 is 0 Å². The first-order valence-electron chi connectivity index (χ1n) is 11.3. The number of rotatable bonds is 4. The van der Waals surface area contributed by atoms with Crippen LogP contribution in [0.2, 0.25) is 0 Å². The maximum absolute atomic E-state index is 5.27. The molecule has 5 heteroatoms. The lowest BCUT2D eigenvalue weighted by Gasteiger charge is -2.20. The summed E-state index contributed by atoms with van der Waals surface area (Å²) in [6.07, 6.45) is 3.89. The number of imidazole rings is 3. The van der Waals surface area contributed by atoms with E-state index in [9.17, 15) is 0 Å². The molecule has 0 aliphatic rings. The van der Waals surface area contributed by atoms with Crippen molar-refractivity contribution in [2.24, 2.45) is 7.05 Å². The molecule has 0 fully saturated rings. The van der Waals surface area contributed by atoms with E-state index in [0.717, 1.165) is 29.2 Å². The third-order valence-corrected chi connectivity index (χ3v) is 6.65. The number of nitrogens with zero attached hydrogens (tertiary/aromatic N) is 5. The third-order valence-electron chi connectivity index (χ3n) is 6.65. The predicted molar refractivity (Wildman–Crippen MR) is 129 cm³/mol. The van der Waals surface area contributed by atoms with Crippen LogP contribution < -0.4 is 0 Å². The van der Waals surface area contributed by atoms with Crippen molar-refractivity contribution in [1.29, 1.82) is 0 Å². The summed E-state index contributed by atoms with van der Waals surface area (Å²) in [6.45, 7) is 14.4. The van der Waals surface area contributed by atoms with Crippen LogP contribution in [0.25, 0.3) is 39.2 Å². The predicted octanol–water partition coefficient (Wildman–Crippen LogP) is 6.42. The van der Waals surface area contributed by atoms with Gasteiger partial charge >= 0.3 is 0 Å². The summed E-state index contributed by atoms with van der Waals surface area (Å²) < 4.78 is 6.76. The Morgan fingerprint density at radius 2 is 1.68 bits per heavy atom. The largest absolute Gasteiger partial charge is 0.324 e.